The fraction of sp³-hybridized carbons (Fsp3) is 0.235. The summed E-state index contributed by atoms with van der Waals surface area (Å²) in [5.41, 5.74) is 3.83. The Morgan fingerprint density at radius 1 is 1.10 bits per heavy atom. The zero-order valence-electron chi connectivity index (χ0n) is 11.8. The van der Waals surface area contributed by atoms with Crippen molar-refractivity contribution in [3.63, 3.8) is 0 Å². The summed E-state index contributed by atoms with van der Waals surface area (Å²) in [7, 11) is 0. The number of nitrogens with one attached hydrogen (secondary N) is 1. The second-order valence-electron chi connectivity index (χ2n) is 5.80. The number of rotatable bonds is 2. The van der Waals surface area contributed by atoms with Crippen molar-refractivity contribution in [2.24, 2.45) is 0 Å². The van der Waals surface area contributed by atoms with E-state index in [1.807, 2.05) is 32.0 Å². The van der Waals surface area contributed by atoms with Gasteiger partial charge >= 0.3 is 0 Å². The predicted octanol–water partition coefficient (Wildman–Crippen LogP) is 5.16. The summed E-state index contributed by atoms with van der Waals surface area (Å²) in [4.78, 5) is 12.1. The first kappa shape index (κ1) is 14.8. The van der Waals surface area contributed by atoms with Gasteiger partial charge in [-0.1, -0.05) is 56.1 Å². The van der Waals surface area contributed by atoms with E-state index in [0.29, 0.717) is 0 Å². The molecule has 0 aliphatic carbocycles. The Morgan fingerprint density at radius 2 is 1.81 bits per heavy atom. The SMILES string of the molecule is CC1(C)C(=O)Nc2ccc(C(Br)c3cccc(Br)c3)cc21. The zero-order chi connectivity index (χ0) is 15.2. The Kier molecular flexibility index (Phi) is 3.70. The lowest BCUT2D eigenvalue weighted by Gasteiger charge is -2.18. The number of benzene rings is 2. The summed E-state index contributed by atoms with van der Waals surface area (Å²) in [5, 5.41) is 2.94. The van der Waals surface area contributed by atoms with Crippen LogP contribution in [0.1, 0.15) is 35.4 Å². The lowest BCUT2D eigenvalue weighted by Crippen LogP contribution is -2.26. The molecule has 1 heterocycles. The Morgan fingerprint density at radius 3 is 2.52 bits per heavy atom. The van der Waals surface area contributed by atoms with Crippen LogP contribution in [0.4, 0.5) is 5.69 Å². The normalized spacial score (nSPS) is 17.2. The first-order valence-corrected chi connectivity index (χ1v) is 8.46. The van der Waals surface area contributed by atoms with Crippen LogP contribution < -0.4 is 5.32 Å². The Hall–Kier alpha value is -1.13. The van der Waals surface area contributed by atoms with Gasteiger partial charge in [0.1, 0.15) is 0 Å². The van der Waals surface area contributed by atoms with Gasteiger partial charge < -0.3 is 5.32 Å². The molecule has 1 aliphatic heterocycles. The van der Waals surface area contributed by atoms with Crippen LogP contribution in [0.3, 0.4) is 0 Å². The number of carbonyl (C=O) groups excluding carboxylic acids is 1. The van der Waals surface area contributed by atoms with Gasteiger partial charge in [0.2, 0.25) is 5.91 Å². The summed E-state index contributed by atoms with van der Waals surface area (Å²) < 4.78 is 1.06. The van der Waals surface area contributed by atoms with Crippen molar-refractivity contribution in [3.05, 3.63) is 63.6 Å². The van der Waals surface area contributed by atoms with Crippen LogP contribution in [0.15, 0.2) is 46.9 Å². The molecule has 4 heteroatoms. The van der Waals surface area contributed by atoms with E-state index in [2.05, 4.69) is 61.4 Å². The monoisotopic (exact) mass is 407 g/mol. The molecule has 21 heavy (non-hydrogen) atoms. The predicted molar refractivity (Wildman–Crippen MR) is 93.0 cm³/mol. The van der Waals surface area contributed by atoms with Crippen LogP contribution in [0.2, 0.25) is 0 Å². The molecule has 108 valence electrons. The molecule has 0 saturated heterocycles. The van der Waals surface area contributed by atoms with Crippen molar-refractivity contribution in [3.8, 4) is 0 Å². The molecule has 0 radical (unpaired) electrons. The number of fused-ring (bicyclic) bond motifs is 1. The Labute approximate surface area is 141 Å². The van der Waals surface area contributed by atoms with Crippen LogP contribution in [0, 0.1) is 0 Å². The summed E-state index contributed by atoms with van der Waals surface area (Å²) in [6.07, 6.45) is 0. The topological polar surface area (TPSA) is 29.1 Å². The third-order valence-electron chi connectivity index (χ3n) is 3.97. The van der Waals surface area contributed by atoms with Gasteiger partial charge in [-0.3, -0.25) is 4.79 Å². The van der Waals surface area contributed by atoms with Gasteiger partial charge in [-0.15, -0.1) is 0 Å². The van der Waals surface area contributed by atoms with Gasteiger partial charge in [0, 0.05) is 10.2 Å². The van der Waals surface area contributed by atoms with Gasteiger partial charge in [-0.25, -0.2) is 0 Å². The van der Waals surface area contributed by atoms with Gasteiger partial charge in [-0.05, 0) is 48.7 Å². The number of alkyl halides is 1. The van der Waals surface area contributed by atoms with Crippen molar-refractivity contribution < 1.29 is 4.79 Å². The average Bonchev–Trinajstić information content (AvgIpc) is 2.68. The second-order valence-corrected chi connectivity index (χ2v) is 7.63. The molecule has 0 spiro atoms. The molecule has 0 saturated carbocycles. The van der Waals surface area contributed by atoms with Crippen LogP contribution in [0.25, 0.3) is 0 Å². The molecule has 1 N–H and O–H groups in total. The van der Waals surface area contributed by atoms with Crippen molar-refractivity contribution >= 4 is 43.5 Å². The maximum absolute atomic E-state index is 12.0. The van der Waals surface area contributed by atoms with Crippen LogP contribution >= 0.6 is 31.9 Å². The van der Waals surface area contributed by atoms with Gasteiger partial charge in [-0.2, -0.15) is 0 Å². The van der Waals surface area contributed by atoms with E-state index in [4.69, 9.17) is 0 Å². The fourth-order valence-electron chi connectivity index (χ4n) is 2.60. The number of halogens is 2. The molecule has 0 bridgehead atoms. The number of amides is 1. The highest BCUT2D eigenvalue weighted by molar-refractivity contribution is 9.10. The standard InChI is InChI=1S/C17H15Br2NO/c1-17(2)13-9-11(6-7-14(13)20-16(17)21)15(19)10-4-3-5-12(18)8-10/h3-9,15H,1-2H3,(H,20,21). The van der Waals surface area contributed by atoms with E-state index in [9.17, 15) is 4.79 Å². The maximum atomic E-state index is 12.0. The first-order chi connectivity index (χ1) is 9.89. The molecular formula is C17H15Br2NO. The molecule has 2 aromatic carbocycles. The minimum Gasteiger partial charge on any atom is -0.325 e. The van der Waals surface area contributed by atoms with Crippen LogP contribution in [-0.2, 0) is 10.2 Å². The Bertz CT molecular complexity index is 724. The number of anilines is 1. The van der Waals surface area contributed by atoms with Gasteiger partial charge in [0.15, 0.2) is 0 Å². The molecule has 1 amide bonds. The maximum Gasteiger partial charge on any atom is 0.234 e. The van der Waals surface area contributed by atoms with Crippen LogP contribution in [-0.4, -0.2) is 5.91 Å². The van der Waals surface area contributed by atoms with E-state index >= 15 is 0 Å². The lowest BCUT2D eigenvalue weighted by molar-refractivity contribution is -0.119. The van der Waals surface area contributed by atoms with Crippen molar-refractivity contribution in [1.29, 1.82) is 0 Å². The fourth-order valence-corrected chi connectivity index (χ4v) is 3.59. The lowest BCUT2D eigenvalue weighted by atomic mass is 9.85. The van der Waals surface area contributed by atoms with E-state index in [1.54, 1.807) is 0 Å². The quantitative estimate of drug-likeness (QED) is 0.683. The molecular weight excluding hydrogens is 394 g/mol. The minimum absolute atomic E-state index is 0.0585. The molecule has 2 nitrogen and oxygen atoms in total. The molecule has 2 aromatic rings. The number of hydrogen-bond donors (Lipinski definition) is 1. The highest BCUT2D eigenvalue weighted by Gasteiger charge is 2.38. The minimum atomic E-state index is -0.477. The third kappa shape index (κ3) is 2.55. The Balaban J connectivity index is 2.02. The number of hydrogen-bond acceptors (Lipinski definition) is 1. The highest BCUT2D eigenvalue weighted by atomic mass is 79.9. The van der Waals surface area contributed by atoms with Gasteiger partial charge in [0.05, 0.1) is 10.2 Å². The van der Waals surface area contributed by atoms with E-state index < -0.39 is 5.41 Å². The van der Waals surface area contributed by atoms with E-state index in [1.165, 1.54) is 5.56 Å². The van der Waals surface area contributed by atoms with E-state index in [0.717, 1.165) is 21.3 Å². The smallest absolute Gasteiger partial charge is 0.234 e. The van der Waals surface area contributed by atoms with Crippen molar-refractivity contribution in [2.45, 2.75) is 24.1 Å². The zero-order valence-corrected chi connectivity index (χ0v) is 15.0. The summed E-state index contributed by atoms with van der Waals surface area (Å²) >= 11 is 7.27. The van der Waals surface area contributed by atoms with E-state index in [-0.39, 0.29) is 10.7 Å². The van der Waals surface area contributed by atoms with Crippen molar-refractivity contribution in [2.75, 3.05) is 5.32 Å². The summed E-state index contributed by atoms with van der Waals surface area (Å²) in [6.45, 7) is 3.92. The highest BCUT2D eigenvalue weighted by Crippen LogP contribution is 2.41. The van der Waals surface area contributed by atoms with Gasteiger partial charge in [0.25, 0.3) is 0 Å². The second kappa shape index (κ2) is 5.25. The third-order valence-corrected chi connectivity index (χ3v) is 5.52. The van der Waals surface area contributed by atoms with Crippen molar-refractivity contribution in [1.82, 2.24) is 0 Å². The summed E-state index contributed by atoms with van der Waals surface area (Å²) in [5.74, 6) is 0.0585. The molecule has 1 atom stereocenters. The molecule has 0 aromatic heterocycles. The number of carbonyl (C=O) groups is 1. The molecule has 3 rings (SSSR count). The first-order valence-electron chi connectivity index (χ1n) is 6.75. The average molecular weight is 409 g/mol. The molecule has 1 unspecified atom stereocenters. The molecule has 1 aliphatic rings. The molecule has 0 fully saturated rings. The largest absolute Gasteiger partial charge is 0.325 e. The summed E-state index contributed by atoms with van der Waals surface area (Å²) in [6, 6.07) is 14.4. The van der Waals surface area contributed by atoms with Crippen LogP contribution in [0.5, 0.6) is 0 Å².